The van der Waals surface area contributed by atoms with Gasteiger partial charge in [0.05, 0.1) is 5.60 Å². The minimum Gasteiger partial charge on any atom is -0.386 e. The number of aliphatic hydroxyl groups is 1. The molecule has 1 aliphatic rings. The molecule has 0 saturated carbocycles. The lowest BCUT2D eigenvalue weighted by molar-refractivity contribution is 0.102. The van der Waals surface area contributed by atoms with Crippen LogP contribution in [0.25, 0.3) is 0 Å². The molecule has 0 aliphatic heterocycles. The number of allylic oxidation sites excluding steroid dienone is 3. The summed E-state index contributed by atoms with van der Waals surface area (Å²) in [7, 11) is 0. The molecule has 0 aromatic carbocycles. The largest absolute Gasteiger partial charge is 0.386 e. The Morgan fingerprint density at radius 3 is 2.50 bits per heavy atom. The van der Waals surface area contributed by atoms with Gasteiger partial charge in [0.15, 0.2) is 0 Å². The Hall–Kier alpha value is -0.560. The first-order chi connectivity index (χ1) is 7.31. The first-order valence-electron chi connectivity index (χ1n) is 6.39. The van der Waals surface area contributed by atoms with Crippen LogP contribution in [-0.4, -0.2) is 10.7 Å². The van der Waals surface area contributed by atoms with Crippen molar-refractivity contribution in [3.8, 4) is 0 Å². The van der Waals surface area contributed by atoms with Gasteiger partial charge in [-0.05, 0) is 51.4 Å². The van der Waals surface area contributed by atoms with Gasteiger partial charge in [-0.25, -0.2) is 0 Å². The molecule has 0 spiro atoms. The van der Waals surface area contributed by atoms with E-state index in [1.54, 1.807) is 0 Å². The van der Waals surface area contributed by atoms with E-state index >= 15 is 0 Å². The van der Waals surface area contributed by atoms with Crippen LogP contribution in [0, 0.1) is 5.41 Å². The van der Waals surface area contributed by atoms with E-state index in [4.69, 9.17) is 0 Å². The minimum atomic E-state index is -0.654. The lowest BCUT2D eigenvalue weighted by Gasteiger charge is -2.23. The Balaban J connectivity index is 2.80. The summed E-state index contributed by atoms with van der Waals surface area (Å²) in [5.41, 5.74) is 1.01. The van der Waals surface area contributed by atoms with Gasteiger partial charge in [-0.2, -0.15) is 0 Å². The average molecular weight is 222 g/mol. The maximum Gasteiger partial charge on any atom is 0.0802 e. The fourth-order valence-electron chi connectivity index (χ4n) is 2.11. The van der Waals surface area contributed by atoms with Crippen molar-refractivity contribution in [2.75, 3.05) is 0 Å². The van der Waals surface area contributed by atoms with Crippen LogP contribution in [0.5, 0.6) is 0 Å². The van der Waals surface area contributed by atoms with Gasteiger partial charge in [-0.1, -0.05) is 37.6 Å². The second kappa shape index (κ2) is 5.18. The first kappa shape index (κ1) is 13.5. The van der Waals surface area contributed by atoms with Crippen LogP contribution in [0.4, 0.5) is 0 Å². The molecule has 0 aromatic rings. The molecule has 0 bridgehead atoms. The Morgan fingerprint density at radius 2 is 1.81 bits per heavy atom. The van der Waals surface area contributed by atoms with Gasteiger partial charge < -0.3 is 5.11 Å². The topological polar surface area (TPSA) is 20.2 Å². The molecule has 92 valence electrons. The van der Waals surface area contributed by atoms with Gasteiger partial charge in [-0.15, -0.1) is 0 Å². The fourth-order valence-corrected chi connectivity index (χ4v) is 2.11. The van der Waals surface area contributed by atoms with E-state index in [9.17, 15) is 5.11 Å². The molecular formula is C15H26O. The molecule has 0 aromatic heterocycles. The smallest absolute Gasteiger partial charge is 0.0802 e. The van der Waals surface area contributed by atoms with Crippen LogP contribution in [0.3, 0.4) is 0 Å². The summed E-state index contributed by atoms with van der Waals surface area (Å²) in [6, 6.07) is 0. The van der Waals surface area contributed by atoms with Crippen molar-refractivity contribution >= 4 is 0 Å². The summed E-state index contributed by atoms with van der Waals surface area (Å²) in [6.45, 7) is 8.60. The SMILES string of the molecule is C/C1=C\CCC(C)(O)/C=C/C(C)(C)CCC1. The van der Waals surface area contributed by atoms with E-state index in [1.807, 2.05) is 13.0 Å². The van der Waals surface area contributed by atoms with Crippen LogP contribution < -0.4 is 0 Å². The summed E-state index contributed by atoms with van der Waals surface area (Å²) >= 11 is 0. The normalized spacial score (nSPS) is 36.9. The first-order valence-corrected chi connectivity index (χ1v) is 6.39. The molecule has 0 saturated heterocycles. The maximum absolute atomic E-state index is 10.2. The highest BCUT2D eigenvalue weighted by atomic mass is 16.3. The van der Waals surface area contributed by atoms with Crippen molar-refractivity contribution in [2.45, 2.75) is 65.4 Å². The van der Waals surface area contributed by atoms with E-state index in [0.717, 1.165) is 12.8 Å². The van der Waals surface area contributed by atoms with Crippen molar-refractivity contribution < 1.29 is 5.11 Å². The molecule has 1 N–H and O–H groups in total. The van der Waals surface area contributed by atoms with E-state index < -0.39 is 5.60 Å². The second-order valence-electron chi connectivity index (χ2n) is 6.12. The predicted molar refractivity (Wildman–Crippen MR) is 70.4 cm³/mol. The molecule has 0 heterocycles. The second-order valence-corrected chi connectivity index (χ2v) is 6.12. The highest BCUT2D eigenvalue weighted by molar-refractivity contribution is 5.07. The molecule has 16 heavy (non-hydrogen) atoms. The third kappa shape index (κ3) is 4.98. The van der Waals surface area contributed by atoms with Gasteiger partial charge in [-0.3, -0.25) is 0 Å². The molecular weight excluding hydrogens is 196 g/mol. The summed E-state index contributed by atoms with van der Waals surface area (Å²) in [4.78, 5) is 0. The van der Waals surface area contributed by atoms with Crippen molar-refractivity contribution in [2.24, 2.45) is 5.41 Å². The highest BCUT2D eigenvalue weighted by Crippen LogP contribution is 2.29. The Kier molecular flexibility index (Phi) is 4.37. The lowest BCUT2D eigenvalue weighted by atomic mass is 9.85. The van der Waals surface area contributed by atoms with Crippen LogP contribution in [-0.2, 0) is 0 Å². The van der Waals surface area contributed by atoms with E-state index in [1.165, 1.54) is 24.8 Å². The highest BCUT2D eigenvalue weighted by Gasteiger charge is 2.20. The van der Waals surface area contributed by atoms with Crippen LogP contribution in [0.2, 0.25) is 0 Å². The van der Waals surface area contributed by atoms with Crippen LogP contribution in [0.15, 0.2) is 23.8 Å². The van der Waals surface area contributed by atoms with E-state index in [0.29, 0.717) is 0 Å². The molecule has 1 aliphatic carbocycles. The average Bonchev–Trinajstić information content (AvgIpc) is 2.15. The molecule has 0 fully saturated rings. The summed E-state index contributed by atoms with van der Waals surface area (Å²) in [6.07, 6.45) is 11.9. The molecule has 1 atom stereocenters. The van der Waals surface area contributed by atoms with Crippen LogP contribution in [0.1, 0.15) is 59.8 Å². The summed E-state index contributed by atoms with van der Waals surface area (Å²) in [5.74, 6) is 0. The molecule has 1 unspecified atom stereocenters. The van der Waals surface area contributed by atoms with Crippen molar-refractivity contribution in [1.29, 1.82) is 0 Å². The van der Waals surface area contributed by atoms with Gasteiger partial charge in [0.25, 0.3) is 0 Å². The molecule has 0 amide bonds. The van der Waals surface area contributed by atoms with Crippen molar-refractivity contribution in [3.05, 3.63) is 23.8 Å². The molecule has 1 heteroatoms. The van der Waals surface area contributed by atoms with Gasteiger partial charge in [0.2, 0.25) is 0 Å². The lowest BCUT2D eigenvalue weighted by Crippen LogP contribution is -2.21. The molecule has 1 nitrogen and oxygen atoms in total. The number of hydrogen-bond donors (Lipinski definition) is 1. The Labute approximate surface area is 100 Å². The van der Waals surface area contributed by atoms with E-state index in [-0.39, 0.29) is 5.41 Å². The van der Waals surface area contributed by atoms with Crippen molar-refractivity contribution in [3.63, 3.8) is 0 Å². The third-order valence-electron chi connectivity index (χ3n) is 3.43. The zero-order valence-electron chi connectivity index (χ0n) is 11.2. The predicted octanol–water partition coefficient (Wildman–Crippen LogP) is 4.23. The third-order valence-corrected chi connectivity index (χ3v) is 3.43. The number of rotatable bonds is 0. The van der Waals surface area contributed by atoms with Gasteiger partial charge in [0, 0.05) is 0 Å². The van der Waals surface area contributed by atoms with E-state index in [2.05, 4.69) is 32.9 Å². The number of hydrogen-bond acceptors (Lipinski definition) is 1. The van der Waals surface area contributed by atoms with Gasteiger partial charge >= 0.3 is 0 Å². The fraction of sp³-hybridized carbons (Fsp3) is 0.733. The van der Waals surface area contributed by atoms with Gasteiger partial charge in [0.1, 0.15) is 0 Å². The zero-order chi connectivity index (χ0) is 12.2. The Bertz CT molecular complexity index is 282. The quantitative estimate of drug-likeness (QED) is 0.608. The van der Waals surface area contributed by atoms with Crippen LogP contribution >= 0.6 is 0 Å². The van der Waals surface area contributed by atoms with Crippen molar-refractivity contribution in [1.82, 2.24) is 0 Å². The molecule has 1 rings (SSSR count). The zero-order valence-corrected chi connectivity index (χ0v) is 11.2. The maximum atomic E-state index is 10.2. The Morgan fingerprint density at radius 1 is 1.12 bits per heavy atom. The molecule has 0 radical (unpaired) electrons. The summed E-state index contributed by atoms with van der Waals surface area (Å²) < 4.78 is 0. The minimum absolute atomic E-state index is 0.203. The summed E-state index contributed by atoms with van der Waals surface area (Å²) in [5, 5.41) is 10.2. The monoisotopic (exact) mass is 222 g/mol. The standard InChI is InChI=1S/C15H26O/c1-13-7-5-9-14(2,3)11-12-15(4,16)10-6-8-13/h8,11-12,16H,5-7,9-10H2,1-4H3/b12-11+,13-8+.